The van der Waals surface area contributed by atoms with Crippen LogP contribution in [-0.2, 0) is 0 Å². The van der Waals surface area contributed by atoms with Gasteiger partial charge in [-0.25, -0.2) is 4.79 Å². The molecule has 2 amide bonds. The number of rotatable bonds is 2. The summed E-state index contributed by atoms with van der Waals surface area (Å²) in [5, 5.41) is 3.06. The molecular weight excluding hydrogens is 372 g/mol. The molecule has 1 fully saturated rings. The van der Waals surface area contributed by atoms with Gasteiger partial charge in [0.05, 0.1) is 11.7 Å². The molecular formula is C18H21BrN2OS. The average molecular weight is 393 g/mol. The zero-order chi connectivity index (χ0) is 16.2. The highest BCUT2D eigenvalue weighted by Gasteiger charge is 2.28. The Kier molecular flexibility index (Phi) is 5.38. The minimum atomic E-state index is -0.00477. The van der Waals surface area contributed by atoms with E-state index in [2.05, 4.69) is 40.3 Å². The van der Waals surface area contributed by atoms with E-state index in [0.29, 0.717) is 0 Å². The number of nitrogens with one attached hydrogen (secondary N) is 1. The lowest BCUT2D eigenvalue weighted by molar-refractivity contribution is 0.190. The van der Waals surface area contributed by atoms with Crippen molar-refractivity contribution in [3.63, 3.8) is 0 Å². The van der Waals surface area contributed by atoms with Gasteiger partial charge in [-0.1, -0.05) is 25.0 Å². The molecule has 2 heterocycles. The van der Waals surface area contributed by atoms with Crippen molar-refractivity contribution in [1.29, 1.82) is 0 Å². The number of urea groups is 1. The monoisotopic (exact) mass is 392 g/mol. The van der Waals surface area contributed by atoms with Crippen LogP contribution >= 0.6 is 27.3 Å². The number of amides is 2. The standard InChI is InChI=1S/C18H21BrN2OS/c1-13-10-11-17(23-13)16-9-3-2-6-12-21(16)18(22)20-15-8-5-4-7-14(15)19/h4-5,7-8,10-11,16H,2-3,6,9,12H2,1H3,(H,20,22). The number of likely N-dealkylation sites (tertiary alicyclic amines) is 1. The summed E-state index contributed by atoms with van der Waals surface area (Å²) >= 11 is 5.30. The van der Waals surface area contributed by atoms with E-state index < -0.39 is 0 Å². The maximum atomic E-state index is 12.9. The maximum absolute atomic E-state index is 12.9. The fourth-order valence-corrected chi connectivity index (χ4v) is 4.44. The molecule has 3 nitrogen and oxygen atoms in total. The third kappa shape index (κ3) is 3.96. The molecule has 1 atom stereocenters. The summed E-state index contributed by atoms with van der Waals surface area (Å²) in [5.74, 6) is 0. The first kappa shape index (κ1) is 16.5. The first-order chi connectivity index (χ1) is 11.1. The SMILES string of the molecule is Cc1ccc(C2CCCCCN2C(=O)Nc2ccccc2Br)s1. The van der Waals surface area contributed by atoms with E-state index in [9.17, 15) is 4.79 Å². The maximum Gasteiger partial charge on any atom is 0.322 e. The summed E-state index contributed by atoms with van der Waals surface area (Å²) in [4.78, 5) is 17.5. The lowest BCUT2D eigenvalue weighted by Gasteiger charge is -2.29. The third-order valence-electron chi connectivity index (χ3n) is 4.22. The number of halogens is 1. The minimum Gasteiger partial charge on any atom is -0.317 e. The van der Waals surface area contributed by atoms with Gasteiger partial charge in [0.15, 0.2) is 0 Å². The highest BCUT2D eigenvalue weighted by atomic mass is 79.9. The fraction of sp³-hybridized carbons (Fsp3) is 0.389. The number of anilines is 1. The molecule has 1 aromatic carbocycles. The second-order valence-corrected chi connectivity index (χ2v) is 8.09. The van der Waals surface area contributed by atoms with Crippen molar-refractivity contribution in [1.82, 2.24) is 4.90 Å². The Morgan fingerprint density at radius 3 is 2.78 bits per heavy atom. The summed E-state index contributed by atoms with van der Waals surface area (Å²) in [6, 6.07) is 12.3. The lowest BCUT2D eigenvalue weighted by atomic mass is 10.1. The van der Waals surface area contributed by atoms with Gasteiger partial charge in [-0.3, -0.25) is 0 Å². The number of aryl methyl sites for hydroxylation is 1. The number of benzene rings is 1. The van der Waals surface area contributed by atoms with Crippen molar-refractivity contribution in [2.45, 2.75) is 38.6 Å². The van der Waals surface area contributed by atoms with Crippen LogP contribution in [0.3, 0.4) is 0 Å². The van der Waals surface area contributed by atoms with Crippen molar-refractivity contribution >= 4 is 39.0 Å². The molecule has 1 saturated heterocycles. The Balaban J connectivity index is 1.81. The fourth-order valence-electron chi connectivity index (χ4n) is 3.03. The number of para-hydroxylation sites is 1. The molecule has 0 bridgehead atoms. The zero-order valence-corrected chi connectivity index (χ0v) is 15.6. The van der Waals surface area contributed by atoms with Gasteiger partial charge in [-0.2, -0.15) is 0 Å². The number of carbonyl (C=O) groups excluding carboxylic acids is 1. The van der Waals surface area contributed by atoms with E-state index >= 15 is 0 Å². The summed E-state index contributed by atoms with van der Waals surface area (Å²) in [7, 11) is 0. The van der Waals surface area contributed by atoms with Crippen molar-refractivity contribution in [2.24, 2.45) is 0 Å². The Morgan fingerprint density at radius 2 is 2.04 bits per heavy atom. The summed E-state index contributed by atoms with van der Waals surface area (Å²) in [5.41, 5.74) is 0.822. The highest BCUT2D eigenvalue weighted by molar-refractivity contribution is 9.10. The van der Waals surface area contributed by atoms with Gasteiger partial charge in [0, 0.05) is 20.8 Å². The van der Waals surface area contributed by atoms with Crippen molar-refractivity contribution in [3.8, 4) is 0 Å². The van der Waals surface area contributed by atoms with E-state index in [1.807, 2.05) is 29.2 Å². The molecule has 1 aliphatic heterocycles. The highest BCUT2D eigenvalue weighted by Crippen LogP contribution is 2.35. The number of thiophene rings is 1. The molecule has 0 spiro atoms. The van der Waals surface area contributed by atoms with Gasteiger partial charge in [0.1, 0.15) is 0 Å². The molecule has 1 unspecified atom stereocenters. The molecule has 2 aromatic rings. The molecule has 0 saturated carbocycles. The molecule has 0 aliphatic carbocycles. The third-order valence-corrected chi connectivity index (χ3v) is 6.01. The minimum absolute atomic E-state index is 0.00477. The molecule has 23 heavy (non-hydrogen) atoms. The van der Waals surface area contributed by atoms with Crippen LogP contribution < -0.4 is 5.32 Å². The predicted octanol–water partition coefficient (Wildman–Crippen LogP) is 5.97. The zero-order valence-electron chi connectivity index (χ0n) is 13.2. The van der Waals surface area contributed by atoms with Crippen LogP contribution in [0.4, 0.5) is 10.5 Å². The van der Waals surface area contributed by atoms with Crippen LogP contribution in [0.25, 0.3) is 0 Å². The Morgan fingerprint density at radius 1 is 1.22 bits per heavy atom. The van der Waals surface area contributed by atoms with Crippen LogP contribution in [0.5, 0.6) is 0 Å². The molecule has 3 rings (SSSR count). The van der Waals surface area contributed by atoms with Crippen LogP contribution in [-0.4, -0.2) is 17.5 Å². The Hall–Kier alpha value is -1.33. The first-order valence-electron chi connectivity index (χ1n) is 8.03. The van der Waals surface area contributed by atoms with Gasteiger partial charge in [-0.15, -0.1) is 11.3 Å². The second-order valence-electron chi connectivity index (χ2n) is 5.92. The van der Waals surface area contributed by atoms with Gasteiger partial charge in [0.25, 0.3) is 0 Å². The normalized spacial score (nSPS) is 18.5. The topological polar surface area (TPSA) is 32.3 Å². The van der Waals surface area contributed by atoms with Gasteiger partial charge >= 0.3 is 6.03 Å². The molecule has 5 heteroatoms. The van der Waals surface area contributed by atoms with Gasteiger partial charge in [-0.05, 0) is 60.0 Å². The number of hydrogen-bond acceptors (Lipinski definition) is 2. The van der Waals surface area contributed by atoms with Crippen molar-refractivity contribution < 1.29 is 4.79 Å². The van der Waals surface area contributed by atoms with E-state index in [1.165, 1.54) is 22.6 Å². The van der Waals surface area contributed by atoms with E-state index in [4.69, 9.17) is 0 Å². The van der Waals surface area contributed by atoms with E-state index in [0.717, 1.165) is 29.5 Å². The van der Waals surface area contributed by atoms with Crippen molar-refractivity contribution in [3.05, 3.63) is 50.6 Å². The molecule has 1 N–H and O–H groups in total. The molecule has 1 aliphatic rings. The smallest absolute Gasteiger partial charge is 0.317 e. The lowest BCUT2D eigenvalue weighted by Crippen LogP contribution is -2.37. The largest absolute Gasteiger partial charge is 0.322 e. The molecule has 122 valence electrons. The van der Waals surface area contributed by atoms with E-state index in [1.54, 1.807) is 11.3 Å². The first-order valence-corrected chi connectivity index (χ1v) is 9.64. The number of carbonyl (C=O) groups is 1. The summed E-state index contributed by atoms with van der Waals surface area (Å²) in [6.07, 6.45) is 4.49. The van der Waals surface area contributed by atoms with Gasteiger partial charge < -0.3 is 10.2 Å². The van der Waals surface area contributed by atoms with Gasteiger partial charge in [0.2, 0.25) is 0 Å². The second kappa shape index (κ2) is 7.49. The number of hydrogen-bond donors (Lipinski definition) is 1. The Labute approximate surface area is 149 Å². The molecule has 0 radical (unpaired) electrons. The summed E-state index contributed by atoms with van der Waals surface area (Å²) < 4.78 is 0.909. The molecule has 1 aromatic heterocycles. The van der Waals surface area contributed by atoms with Crippen LogP contribution in [0.2, 0.25) is 0 Å². The number of nitrogens with zero attached hydrogens (tertiary/aromatic N) is 1. The van der Waals surface area contributed by atoms with Crippen LogP contribution in [0, 0.1) is 6.92 Å². The summed E-state index contributed by atoms with van der Waals surface area (Å²) in [6.45, 7) is 2.94. The average Bonchev–Trinajstić information content (AvgIpc) is 2.82. The predicted molar refractivity (Wildman–Crippen MR) is 100 cm³/mol. The van der Waals surface area contributed by atoms with E-state index in [-0.39, 0.29) is 12.1 Å². The van der Waals surface area contributed by atoms with Crippen LogP contribution in [0.1, 0.15) is 41.5 Å². The van der Waals surface area contributed by atoms with Crippen molar-refractivity contribution in [2.75, 3.05) is 11.9 Å². The Bertz CT molecular complexity index is 685. The van der Waals surface area contributed by atoms with Crippen LogP contribution in [0.15, 0.2) is 40.9 Å². The quantitative estimate of drug-likeness (QED) is 0.670.